The second-order valence-electron chi connectivity index (χ2n) is 5.29. The molecule has 0 aromatic carbocycles. The first kappa shape index (κ1) is 18.2. The summed E-state index contributed by atoms with van der Waals surface area (Å²) in [5, 5.41) is 3.89. The maximum absolute atomic E-state index is 12.6. The number of anilines is 1. The molecule has 6 nitrogen and oxygen atoms in total. The smallest absolute Gasteiger partial charge is 0.341 e. The van der Waals surface area contributed by atoms with Gasteiger partial charge in [-0.05, 0) is 38.0 Å². The van der Waals surface area contributed by atoms with Gasteiger partial charge in [0.2, 0.25) is 0 Å². The molecule has 0 fully saturated rings. The van der Waals surface area contributed by atoms with Crippen LogP contribution in [0.4, 0.5) is 5.00 Å². The molecule has 3 rings (SSSR count). The maximum atomic E-state index is 12.6. The lowest BCUT2D eigenvalue weighted by Crippen LogP contribution is -2.17. The Balaban J connectivity index is 1.93. The Morgan fingerprint density at radius 2 is 2.24 bits per heavy atom. The molecule has 0 atom stereocenters. The lowest BCUT2D eigenvalue weighted by atomic mass is 10.1. The summed E-state index contributed by atoms with van der Waals surface area (Å²) in [6, 6.07) is 0. The van der Waals surface area contributed by atoms with Crippen molar-refractivity contribution >= 4 is 51.6 Å². The summed E-state index contributed by atoms with van der Waals surface area (Å²) in [6.07, 6.45) is 5.95. The molecule has 2 aromatic heterocycles. The number of aryl methyl sites for hydroxylation is 1. The first-order chi connectivity index (χ1) is 12.0. The van der Waals surface area contributed by atoms with Crippen LogP contribution in [0, 0.1) is 0 Å². The van der Waals surface area contributed by atoms with Crippen LogP contribution in [-0.4, -0.2) is 34.7 Å². The van der Waals surface area contributed by atoms with Gasteiger partial charge in [0.1, 0.15) is 5.00 Å². The monoisotopic (exact) mass is 397 g/mol. The van der Waals surface area contributed by atoms with E-state index in [-0.39, 0.29) is 17.3 Å². The number of fused-ring (bicyclic) bond motifs is 1. The van der Waals surface area contributed by atoms with E-state index in [2.05, 4.69) is 15.3 Å². The van der Waals surface area contributed by atoms with Crippen molar-refractivity contribution in [3.8, 4) is 0 Å². The second-order valence-corrected chi connectivity index (χ2v) is 7.58. The number of hydrogen-bond donors (Lipinski definition) is 1. The lowest BCUT2D eigenvalue weighted by Gasteiger charge is -2.08. The first-order valence-electron chi connectivity index (χ1n) is 7.74. The van der Waals surface area contributed by atoms with E-state index < -0.39 is 11.9 Å². The van der Waals surface area contributed by atoms with Crippen molar-refractivity contribution in [3.05, 3.63) is 32.9 Å². The molecule has 0 spiro atoms. The Kier molecular flexibility index (Phi) is 5.61. The highest BCUT2D eigenvalue weighted by Crippen LogP contribution is 2.39. The fourth-order valence-electron chi connectivity index (χ4n) is 2.68. The van der Waals surface area contributed by atoms with E-state index in [4.69, 9.17) is 16.3 Å². The van der Waals surface area contributed by atoms with Gasteiger partial charge in [-0.15, -0.1) is 11.3 Å². The van der Waals surface area contributed by atoms with E-state index >= 15 is 0 Å². The number of carbonyl (C=O) groups is 2. The zero-order chi connectivity index (χ0) is 18.0. The Morgan fingerprint density at radius 3 is 2.96 bits per heavy atom. The maximum Gasteiger partial charge on any atom is 0.341 e. The highest BCUT2D eigenvalue weighted by Gasteiger charge is 2.29. The van der Waals surface area contributed by atoms with Gasteiger partial charge in [-0.2, -0.15) is 0 Å². The number of nitrogens with one attached hydrogen (secondary N) is 1. The number of halogens is 1. The van der Waals surface area contributed by atoms with Crippen molar-refractivity contribution in [1.29, 1.82) is 0 Å². The lowest BCUT2D eigenvalue weighted by molar-refractivity contribution is 0.0527. The molecule has 1 aliphatic rings. The van der Waals surface area contributed by atoms with Crippen LogP contribution in [0.3, 0.4) is 0 Å². The summed E-state index contributed by atoms with van der Waals surface area (Å²) >= 11 is 8.79. The van der Waals surface area contributed by atoms with Crippen LogP contribution in [0.2, 0.25) is 5.02 Å². The van der Waals surface area contributed by atoms with Gasteiger partial charge in [0.15, 0.2) is 10.9 Å². The normalized spacial score (nSPS) is 12.8. The average molecular weight is 398 g/mol. The van der Waals surface area contributed by atoms with Crippen LogP contribution in [-0.2, 0) is 17.6 Å². The minimum Gasteiger partial charge on any atom is -0.462 e. The Hall–Kier alpha value is -1.64. The predicted octanol–water partition coefficient (Wildman–Crippen LogP) is 3.83. The van der Waals surface area contributed by atoms with Crippen molar-refractivity contribution < 1.29 is 14.3 Å². The number of amides is 1. The van der Waals surface area contributed by atoms with Gasteiger partial charge in [-0.3, -0.25) is 4.79 Å². The van der Waals surface area contributed by atoms with Gasteiger partial charge in [-0.1, -0.05) is 23.4 Å². The quantitative estimate of drug-likeness (QED) is 0.469. The summed E-state index contributed by atoms with van der Waals surface area (Å²) in [4.78, 5) is 34.3. The van der Waals surface area contributed by atoms with Crippen LogP contribution in [0.15, 0.2) is 11.4 Å². The van der Waals surface area contributed by atoms with E-state index in [1.165, 1.54) is 29.3 Å². The van der Waals surface area contributed by atoms with E-state index in [0.29, 0.717) is 15.7 Å². The third-order valence-corrected chi connectivity index (χ3v) is 5.79. The molecular weight excluding hydrogens is 382 g/mol. The molecule has 2 heterocycles. The molecule has 0 aliphatic heterocycles. The third-order valence-electron chi connectivity index (χ3n) is 3.75. The van der Waals surface area contributed by atoms with E-state index in [1.54, 1.807) is 6.92 Å². The molecule has 0 bridgehead atoms. The molecule has 1 amide bonds. The zero-order valence-electron chi connectivity index (χ0n) is 13.7. The van der Waals surface area contributed by atoms with E-state index in [9.17, 15) is 9.59 Å². The molecule has 9 heteroatoms. The number of nitrogens with zero attached hydrogens (tertiary/aromatic N) is 2. The minimum atomic E-state index is -0.465. The fraction of sp³-hybridized carbons (Fsp3) is 0.375. The Labute approximate surface area is 158 Å². The molecule has 0 saturated carbocycles. The first-order valence-corrected chi connectivity index (χ1v) is 10.2. The van der Waals surface area contributed by atoms with Crippen molar-refractivity contribution in [2.24, 2.45) is 0 Å². The largest absolute Gasteiger partial charge is 0.462 e. The summed E-state index contributed by atoms with van der Waals surface area (Å²) in [5.41, 5.74) is 1.53. The molecule has 1 aliphatic carbocycles. The number of ether oxygens (including phenoxy) is 1. The number of aromatic nitrogens is 2. The minimum absolute atomic E-state index is 0.0874. The molecular formula is C16H16ClN3O3S2. The zero-order valence-corrected chi connectivity index (χ0v) is 16.1. The van der Waals surface area contributed by atoms with Crippen molar-refractivity contribution in [2.75, 3.05) is 18.2 Å². The number of esters is 1. The van der Waals surface area contributed by atoms with Crippen LogP contribution in [0.25, 0.3) is 0 Å². The van der Waals surface area contributed by atoms with Gasteiger partial charge in [0.05, 0.1) is 23.4 Å². The summed E-state index contributed by atoms with van der Waals surface area (Å²) in [6.45, 7) is 2.04. The van der Waals surface area contributed by atoms with Crippen LogP contribution < -0.4 is 5.32 Å². The number of rotatable bonds is 5. The van der Waals surface area contributed by atoms with Crippen molar-refractivity contribution in [3.63, 3.8) is 0 Å². The SMILES string of the molecule is CCOC(=O)c1c(NC(=O)c2nc(SC)ncc2Cl)sc2c1CCC2. The van der Waals surface area contributed by atoms with Gasteiger partial charge >= 0.3 is 5.97 Å². The van der Waals surface area contributed by atoms with Crippen molar-refractivity contribution in [2.45, 2.75) is 31.3 Å². The van der Waals surface area contributed by atoms with Crippen LogP contribution in [0.1, 0.15) is 44.6 Å². The van der Waals surface area contributed by atoms with Crippen LogP contribution in [0.5, 0.6) is 0 Å². The number of thiophene rings is 1. The molecule has 0 radical (unpaired) electrons. The van der Waals surface area contributed by atoms with E-state index in [1.807, 2.05) is 6.26 Å². The van der Waals surface area contributed by atoms with Gasteiger partial charge in [0, 0.05) is 4.88 Å². The second kappa shape index (κ2) is 7.72. The van der Waals surface area contributed by atoms with Gasteiger partial charge in [-0.25, -0.2) is 14.8 Å². The highest BCUT2D eigenvalue weighted by atomic mass is 35.5. The number of carbonyl (C=O) groups excluding carboxylic acids is 2. The molecule has 25 heavy (non-hydrogen) atoms. The molecule has 0 unspecified atom stereocenters. The molecule has 132 valence electrons. The van der Waals surface area contributed by atoms with Crippen LogP contribution >= 0.6 is 34.7 Å². The number of hydrogen-bond acceptors (Lipinski definition) is 7. The topological polar surface area (TPSA) is 81.2 Å². The highest BCUT2D eigenvalue weighted by molar-refractivity contribution is 7.98. The summed E-state index contributed by atoms with van der Waals surface area (Å²) < 4.78 is 5.16. The fourth-order valence-corrected chi connectivity index (χ4v) is 4.47. The summed E-state index contributed by atoms with van der Waals surface area (Å²) in [7, 11) is 0. The number of thioether (sulfide) groups is 1. The predicted molar refractivity (Wildman–Crippen MR) is 99.1 cm³/mol. The average Bonchev–Trinajstić information content (AvgIpc) is 3.15. The van der Waals surface area contributed by atoms with Crippen molar-refractivity contribution in [1.82, 2.24) is 9.97 Å². The van der Waals surface area contributed by atoms with Gasteiger partial charge < -0.3 is 10.1 Å². The Morgan fingerprint density at radius 1 is 1.44 bits per heavy atom. The Bertz CT molecular complexity index is 838. The molecule has 1 N–H and O–H groups in total. The molecule has 2 aromatic rings. The van der Waals surface area contributed by atoms with Gasteiger partial charge in [0.25, 0.3) is 5.91 Å². The third kappa shape index (κ3) is 3.65. The summed E-state index contributed by atoms with van der Waals surface area (Å²) in [5.74, 6) is -0.871. The standard InChI is InChI=1S/C16H16ClN3O3S2/c1-3-23-15(22)11-8-5-4-6-10(8)25-14(11)20-13(21)12-9(17)7-18-16(19-12)24-2/h7H,3-6H2,1-2H3,(H,20,21). The molecule has 0 saturated heterocycles. The van der Waals surface area contributed by atoms with E-state index in [0.717, 1.165) is 29.7 Å².